The third-order valence-corrected chi connectivity index (χ3v) is 3.56. The summed E-state index contributed by atoms with van der Waals surface area (Å²) in [4.78, 5) is 24.4. The highest BCUT2D eigenvalue weighted by molar-refractivity contribution is 6.05. The molecular formula is C19H20O5. The summed E-state index contributed by atoms with van der Waals surface area (Å²) < 4.78 is 15.3. The van der Waals surface area contributed by atoms with Crippen molar-refractivity contribution in [3.63, 3.8) is 0 Å². The van der Waals surface area contributed by atoms with Crippen molar-refractivity contribution in [1.82, 2.24) is 0 Å². The Balaban J connectivity index is 2.03. The summed E-state index contributed by atoms with van der Waals surface area (Å²) >= 11 is 0. The molecule has 2 rings (SSSR count). The summed E-state index contributed by atoms with van der Waals surface area (Å²) in [7, 11) is 2.81. The lowest BCUT2D eigenvalue weighted by molar-refractivity contribution is -0.146. The Kier molecular flexibility index (Phi) is 6.51. The molecule has 0 aliphatic rings. The van der Waals surface area contributed by atoms with Crippen LogP contribution in [0, 0.1) is 0 Å². The lowest BCUT2D eigenvalue weighted by atomic mass is 9.95. The molecule has 0 saturated carbocycles. The zero-order valence-corrected chi connectivity index (χ0v) is 13.7. The molecule has 0 heterocycles. The molecule has 5 nitrogen and oxygen atoms in total. The van der Waals surface area contributed by atoms with Gasteiger partial charge in [-0.2, -0.15) is 0 Å². The number of methoxy groups -OCH3 is 2. The van der Waals surface area contributed by atoms with Crippen LogP contribution >= 0.6 is 0 Å². The average Bonchev–Trinajstić information content (AvgIpc) is 2.63. The molecule has 0 aromatic heterocycles. The van der Waals surface area contributed by atoms with Crippen LogP contribution in [0.4, 0.5) is 0 Å². The van der Waals surface area contributed by atoms with Crippen LogP contribution < -0.4 is 4.74 Å². The van der Waals surface area contributed by atoms with Crippen molar-refractivity contribution in [2.45, 2.75) is 12.5 Å². The molecule has 0 N–H and O–H groups in total. The second-order valence-electron chi connectivity index (χ2n) is 5.17. The van der Waals surface area contributed by atoms with E-state index in [0.29, 0.717) is 17.9 Å². The third kappa shape index (κ3) is 4.67. The predicted octanol–water partition coefficient (Wildman–Crippen LogP) is 2.74. The van der Waals surface area contributed by atoms with Crippen molar-refractivity contribution in [3.8, 4) is 5.75 Å². The molecule has 2 aromatic carbocycles. The molecule has 0 aliphatic carbocycles. The minimum atomic E-state index is -1.00. The number of ether oxygens (including phenoxy) is 3. The van der Waals surface area contributed by atoms with E-state index < -0.39 is 11.9 Å². The summed E-state index contributed by atoms with van der Waals surface area (Å²) in [6.07, 6.45) is 0. The lowest BCUT2D eigenvalue weighted by Crippen LogP contribution is -2.26. The van der Waals surface area contributed by atoms with Gasteiger partial charge in [-0.15, -0.1) is 0 Å². The first-order valence-corrected chi connectivity index (χ1v) is 7.52. The van der Waals surface area contributed by atoms with Gasteiger partial charge in [-0.05, 0) is 23.3 Å². The number of Topliss-reactive ketones (excluding diaryl/α,β-unsaturated/α-hetero) is 1. The molecule has 0 amide bonds. The van der Waals surface area contributed by atoms with Gasteiger partial charge in [-0.25, -0.2) is 0 Å². The number of ketones is 1. The Morgan fingerprint density at radius 1 is 0.958 bits per heavy atom. The maximum atomic E-state index is 12.4. The Bertz CT molecular complexity index is 664. The molecule has 1 atom stereocenters. The summed E-state index contributed by atoms with van der Waals surface area (Å²) in [5.41, 5.74) is 1.51. The lowest BCUT2D eigenvalue weighted by Gasteiger charge is -2.14. The monoisotopic (exact) mass is 328 g/mol. The molecule has 5 heteroatoms. The van der Waals surface area contributed by atoms with Crippen molar-refractivity contribution in [1.29, 1.82) is 0 Å². The van der Waals surface area contributed by atoms with E-state index in [9.17, 15) is 9.59 Å². The fourth-order valence-corrected chi connectivity index (χ4v) is 2.29. The first kappa shape index (κ1) is 17.7. The van der Waals surface area contributed by atoms with Crippen LogP contribution in [0.25, 0.3) is 0 Å². The van der Waals surface area contributed by atoms with Gasteiger partial charge in [-0.3, -0.25) is 9.59 Å². The van der Waals surface area contributed by atoms with Gasteiger partial charge in [0.05, 0.1) is 20.8 Å². The van der Waals surface area contributed by atoms with Gasteiger partial charge in [0.15, 0.2) is 5.78 Å². The van der Waals surface area contributed by atoms with E-state index in [1.54, 1.807) is 31.4 Å². The van der Waals surface area contributed by atoms with Gasteiger partial charge in [0.25, 0.3) is 0 Å². The van der Waals surface area contributed by atoms with Gasteiger partial charge in [0.1, 0.15) is 18.3 Å². The topological polar surface area (TPSA) is 61.8 Å². The van der Waals surface area contributed by atoms with Crippen molar-refractivity contribution in [3.05, 3.63) is 65.7 Å². The van der Waals surface area contributed by atoms with E-state index in [1.807, 2.05) is 30.3 Å². The van der Waals surface area contributed by atoms with Crippen molar-refractivity contribution < 1.29 is 23.8 Å². The molecule has 1 unspecified atom stereocenters. The van der Waals surface area contributed by atoms with E-state index in [2.05, 4.69) is 0 Å². The van der Waals surface area contributed by atoms with E-state index in [0.717, 1.165) is 5.56 Å². The molecule has 2 aromatic rings. The molecule has 0 aliphatic heterocycles. The Morgan fingerprint density at radius 2 is 1.62 bits per heavy atom. The van der Waals surface area contributed by atoms with Crippen LogP contribution in [0.5, 0.6) is 5.75 Å². The summed E-state index contributed by atoms with van der Waals surface area (Å²) in [5, 5.41) is 0. The first-order valence-electron chi connectivity index (χ1n) is 7.52. The van der Waals surface area contributed by atoms with Crippen molar-refractivity contribution in [2.24, 2.45) is 0 Å². The summed E-state index contributed by atoms with van der Waals surface area (Å²) in [6.45, 7) is 0.143. The first-order chi connectivity index (χ1) is 11.7. The highest BCUT2D eigenvalue weighted by Gasteiger charge is 2.29. The largest absolute Gasteiger partial charge is 0.497 e. The smallest absolute Gasteiger partial charge is 0.320 e. The van der Waals surface area contributed by atoms with Crippen LogP contribution in [0.15, 0.2) is 54.6 Å². The summed E-state index contributed by atoms with van der Waals surface area (Å²) in [6, 6.07) is 16.3. The Morgan fingerprint density at radius 3 is 2.21 bits per heavy atom. The molecule has 24 heavy (non-hydrogen) atoms. The molecule has 0 bridgehead atoms. The minimum absolute atomic E-state index is 0.166. The van der Waals surface area contributed by atoms with Gasteiger partial charge in [0.2, 0.25) is 0 Å². The number of hydrogen-bond donors (Lipinski definition) is 0. The van der Waals surface area contributed by atoms with E-state index in [-0.39, 0.29) is 12.4 Å². The normalized spacial score (nSPS) is 11.6. The molecule has 0 spiro atoms. The maximum absolute atomic E-state index is 12.4. The number of rotatable bonds is 8. The quantitative estimate of drug-likeness (QED) is 0.551. The van der Waals surface area contributed by atoms with E-state index >= 15 is 0 Å². The molecule has 0 fully saturated rings. The van der Waals surface area contributed by atoms with Crippen molar-refractivity contribution >= 4 is 11.8 Å². The highest BCUT2D eigenvalue weighted by atomic mass is 16.5. The fourth-order valence-electron chi connectivity index (χ4n) is 2.29. The number of hydrogen-bond acceptors (Lipinski definition) is 5. The number of benzene rings is 2. The molecule has 0 saturated heterocycles. The standard InChI is InChI=1S/C19H20O5/c1-22-16-10-8-15(9-11-16)18(19(21)23-2)17(20)13-24-12-14-6-4-3-5-7-14/h3-11,18H,12-13H2,1-2H3. The number of esters is 1. The fraction of sp³-hybridized carbons (Fsp3) is 0.263. The summed E-state index contributed by atoms with van der Waals surface area (Å²) in [5.74, 6) is -1.30. The van der Waals surface area contributed by atoms with Crippen LogP contribution in [0.3, 0.4) is 0 Å². The maximum Gasteiger partial charge on any atom is 0.320 e. The third-order valence-electron chi connectivity index (χ3n) is 3.56. The van der Waals surface area contributed by atoms with E-state index in [1.165, 1.54) is 7.11 Å². The predicted molar refractivity (Wildman–Crippen MR) is 88.9 cm³/mol. The SMILES string of the molecule is COC(=O)C(C(=O)COCc1ccccc1)c1ccc(OC)cc1. The Labute approximate surface area is 141 Å². The van der Waals surface area contributed by atoms with E-state index in [4.69, 9.17) is 14.2 Å². The van der Waals surface area contributed by atoms with Gasteiger partial charge < -0.3 is 14.2 Å². The number of carbonyl (C=O) groups excluding carboxylic acids is 2. The number of carbonyl (C=O) groups is 2. The zero-order valence-electron chi connectivity index (χ0n) is 13.7. The van der Waals surface area contributed by atoms with Gasteiger partial charge >= 0.3 is 5.97 Å². The van der Waals surface area contributed by atoms with Crippen LogP contribution in [-0.4, -0.2) is 32.6 Å². The van der Waals surface area contributed by atoms with Crippen LogP contribution in [0.2, 0.25) is 0 Å². The molecule has 126 valence electrons. The van der Waals surface area contributed by atoms with Crippen molar-refractivity contribution in [2.75, 3.05) is 20.8 Å². The second-order valence-corrected chi connectivity index (χ2v) is 5.17. The van der Waals surface area contributed by atoms with Crippen LogP contribution in [0.1, 0.15) is 17.0 Å². The van der Waals surface area contributed by atoms with Gasteiger partial charge in [0, 0.05) is 0 Å². The zero-order chi connectivity index (χ0) is 17.4. The molecule has 0 radical (unpaired) electrons. The van der Waals surface area contributed by atoms with Crippen LogP contribution in [-0.2, 0) is 25.7 Å². The average molecular weight is 328 g/mol. The molecular weight excluding hydrogens is 308 g/mol. The highest BCUT2D eigenvalue weighted by Crippen LogP contribution is 2.22. The van der Waals surface area contributed by atoms with Gasteiger partial charge in [-0.1, -0.05) is 42.5 Å². The Hall–Kier alpha value is -2.66. The second kappa shape index (κ2) is 8.84. The minimum Gasteiger partial charge on any atom is -0.497 e.